The number of esters is 1. The number of aromatic nitrogens is 1. The number of thiophene rings is 2. The number of rotatable bonds is 7. The summed E-state index contributed by atoms with van der Waals surface area (Å²) in [4.78, 5) is 29.2. The molecule has 0 aliphatic carbocycles. The summed E-state index contributed by atoms with van der Waals surface area (Å²) in [5.41, 5.74) is 1.71. The Labute approximate surface area is 157 Å². The van der Waals surface area contributed by atoms with Crippen LogP contribution in [0.25, 0.3) is 10.6 Å². The van der Waals surface area contributed by atoms with Crippen LogP contribution in [0.2, 0.25) is 0 Å². The molecule has 130 valence electrons. The van der Waals surface area contributed by atoms with Crippen LogP contribution in [0.4, 0.5) is 0 Å². The number of ether oxygens (including phenoxy) is 1. The number of hydrogen-bond acceptors (Lipinski definition) is 7. The number of nitrogens with zero attached hydrogens (tertiary/aromatic N) is 1. The van der Waals surface area contributed by atoms with E-state index in [2.05, 4.69) is 10.3 Å². The average Bonchev–Trinajstić information content (AvgIpc) is 3.32. The van der Waals surface area contributed by atoms with Gasteiger partial charge in [0.25, 0.3) is 5.91 Å². The molecule has 0 unspecified atom stereocenters. The highest BCUT2D eigenvalue weighted by atomic mass is 32.1. The van der Waals surface area contributed by atoms with Crippen LogP contribution >= 0.6 is 34.0 Å². The van der Waals surface area contributed by atoms with Gasteiger partial charge >= 0.3 is 5.97 Å². The molecule has 0 saturated heterocycles. The topological polar surface area (TPSA) is 68.3 Å². The Balaban J connectivity index is 1.44. The van der Waals surface area contributed by atoms with E-state index in [1.54, 1.807) is 22.7 Å². The first-order chi connectivity index (χ1) is 12.1. The van der Waals surface area contributed by atoms with E-state index in [-0.39, 0.29) is 25.0 Å². The zero-order valence-electron chi connectivity index (χ0n) is 13.4. The van der Waals surface area contributed by atoms with Gasteiger partial charge in [-0.1, -0.05) is 6.07 Å². The second-order valence-electron chi connectivity index (χ2n) is 5.30. The molecule has 0 saturated carbocycles. The minimum atomic E-state index is -0.457. The van der Waals surface area contributed by atoms with Crippen LogP contribution in [0.5, 0.6) is 0 Å². The van der Waals surface area contributed by atoms with Crippen molar-refractivity contribution in [1.82, 2.24) is 10.3 Å². The predicted octanol–water partition coefficient (Wildman–Crippen LogP) is 3.90. The van der Waals surface area contributed by atoms with Gasteiger partial charge in [0, 0.05) is 21.2 Å². The first-order valence-electron chi connectivity index (χ1n) is 7.57. The quantitative estimate of drug-likeness (QED) is 0.619. The van der Waals surface area contributed by atoms with Gasteiger partial charge < -0.3 is 10.1 Å². The van der Waals surface area contributed by atoms with Gasteiger partial charge in [0.15, 0.2) is 6.61 Å². The maximum absolute atomic E-state index is 11.9. The molecular weight excluding hydrogens is 376 g/mol. The van der Waals surface area contributed by atoms with E-state index in [4.69, 9.17) is 4.74 Å². The van der Waals surface area contributed by atoms with Gasteiger partial charge in [0.2, 0.25) is 0 Å². The van der Waals surface area contributed by atoms with Gasteiger partial charge in [-0.05, 0) is 29.8 Å². The van der Waals surface area contributed by atoms with Gasteiger partial charge in [0.05, 0.1) is 18.2 Å². The summed E-state index contributed by atoms with van der Waals surface area (Å²) in [7, 11) is 0. The summed E-state index contributed by atoms with van der Waals surface area (Å²) >= 11 is 4.67. The van der Waals surface area contributed by atoms with Crippen LogP contribution in [0.3, 0.4) is 0 Å². The minimum absolute atomic E-state index is 0.0639. The molecular formula is C17H16N2O3S3. The highest BCUT2D eigenvalue weighted by Crippen LogP contribution is 2.25. The number of hydrogen-bond donors (Lipinski definition) is 1. The third-order valence-electron chi connectivity index (χ3n) is 3.36. The Bertz CT molecular complexity index is 825. The highest BCUT2D eigenvalue weighted by Gasteiger charge is 2.14. The number of nitrogens with one attached hydrogen (secondary N) is 1. The molecule has 0 fully saturated rings. The maximum atomic E-state index is 11.9. The van der Waals surface area contributed by atoms with Crippen molar-refractivity contribution in [1.29, 1.82) is 0 Å². The lowest BCUT2D eigenvalue weighted by Crippen LogP contribution is -2.31. The largest absolute Gasteiger partial charge is 0.455 e. The Morgan fingerprint density at radius 2 is 2.12 bits per heavy atom. The monoisotopic (exact) mass is 392 g/mol. The molecule has 3 aromatic rings. The third kappa shape index (κ3) is 4.97. The molecule has 0 aromatic carbocycles. The van der Waals surface area contributed by atoms with Crippen LogP contribution in [-0.4, -0.2) is 23.5 Å². The first-order valence-corrected chi connectivity index (χ1v) is 10.3. The third-order valence-corrected chi connectivity index (χ3v) is 6.04. The van der Waals surface area contributed by atoms with E-state index in [1.807, 2.05) is 46.6 Å². The minimum Gasteiger partial charge on any atom is -0.455 e. The SMILES string of the molecule is C[C@H](NC(=O)COC(=O)Cc1csc(-c2ccsc2)n1)c1cccs1. The molecule has 0 radical (unpaired) electrons. The van der Waals surface area contributed by atoms with E-state index >= 15 is 0 Å². The Morgan fingerprint density at radius 3 is 2.84 bits per heavy atom. The summed E-state index contributed by atoms with van der Waals surface area (Å²) in [6.07, 6.45) is 0.0639. The van der Waals surface area contributed by atoms with Gasteiger partial charge in [-0.25, -0.2) is 4.98 Å². The summed E-state index contributed by atoms with van der Waals surface area (Å²) in [5, 5.41) is 11.5. The molecule has 0 bridgehead atoms. The lowest BCUT2D eigenvalue weighted by atomic mass is 10.3. The lowest BCUT2D eigenvalue weighted by Gasteiger charge is -2.12. The van der Waals surface area contributed by atoms with E-state index in [0.29, 0.717) is 5.69 Å². The van der Waals surface area contributed by atoms with Gasteiger partial charge in [-0.2, -0.15) is 11.3 Å². The van der Waals surface area contributed by atoms with Crippen LogP contribution < -0.4 is 5.32 Å². The molecule has 0 spiro atoms. The van der Waals surface area contributed by atoms with E-state index < -0.39 is 5.97 Å². The zero-order chi connectivity index (χ0) is 17.6. The van der Waals surface area contributed by atoms with Crippen molar-refractivity contribution >= 4 is 45.9 Å². The fourth-order valence-corrected chi connectivity index (χ4v) is 4.41. The van der Waals surface area contributed by atoms with Gasteiger partial charge in [-0.3, -0.25) is 9.59 Å². The summed E-state index contributed by atoms with van der Waals surface area (Å²) in [6, 6.07) is 5.78. The average molecular weight is 393 g/mol. The second kappa shape index (κ2) is 8.37. The number of thiazole rings is 1. The second-order valence-corrected chi connectivity index (χ2v) is 7.92. The molecule has 8 heteroatoms. The van der Waals surface area contributed by atoms with Gasteiger partial charge in [-0.15, -0.1) is 22.7 Å². The van der Waals surface area contributed by atoms with Crippen molar-refractivity contribution in [3.63, 3.8) is 0 Å². The lowest BCUT2D eigenvalue weighted by molar-refractivity contribution is -0.148. The Morgan fingerprint density at radius 1 is 1.24 bits per heavy atom. The van der Waals surface area contributed by atoms with Crippen LogP contribution in [0.15, 0.2) is 39.7 Å². The van der Waals surface area contributed by atoms with Crippen molar-refractivity contribution in [2.75, 3.05) is 6.61 Å². The standard InChI is InChI=1S/C17H16N2O3S3/c1-11(14-3-2-5-24-14)18-15(20)8-22-16(21)7-13-10-25-17(19-13)12-4-6-23-9-12/h2-6,9-11H,7-8H2,1H3,(H,18,20)/t11-/m0/s1. The van der Waals surface area contributed by atoms with Crippen LogP contribution in [0.1, 0.15) is 23.5 Å². The summed E-state index contributed by atoms with van der Waals surface area (Å²) < 4.78 is 5.05. The zero-order valence-corrected chi connectivity index (χ0v) is 15.9. The number of carbonyl (C=O) groups excluding carboxylic acids is 2. The molecule has 5 nitrogen and oxygen atoms in total. The van der Waals surface area contributed by atoms with Gasteiger partial charge in [0.1, 0.15) is 5.01 Å². The smallest absolute Gasteiger partial charge is 0.312 e. The molecule has 0 aliphatic heterocycles. The van der Waals surface area contributed by atoms with E-state index in [1.165, 1.54) is 11.3 Å². The number of carbonyl (C=O) groups is 2. The Hall–Kier alpha value is -2.03. The molecule has 0 aliphatic rings. The van der Waals surface area contributed by atoms with Crippen molar-refractivity contribution in [2.24, 2.45) is 0 Å². The normalized spacial score (nSPS) is 11.9. The molecule has 3 aromatic heterocycles. The molecule has 1 atom stereocenters. The molecule has 3 heterocycles. The molecule has 1 N–H and O–H groups in total. The molecule has 1 amide bonds. The summed E-state index contributed by atoms with van der Waals surface area (Å²) in [5.74, 6) is -0.771. The fraction of sp³-hybridized carbons (Fsp3) is 0.235. The highest BCUT2D eigenvalue weighted by molar-refractivity contribution is 7.14. The van der Waals surface area contributed by atoms with E-state index in [9.17, 15) is 9.59 Å². The molecule has 25 heavy (non-hydrogen) atoms. The van der Waals surface area contributed by atoms with Crippen LogP contribution in [-0.2, 0) is 20.7 Å². The summed E-state index contributed by atoms with van der Waals surface area (Å²) in [6.45, 7) is 1.61. The van der Waals surface area contributed by atoms with Crippen molar-refractivity contribution in [2.45, 2.75) is 19.4 Å². The van der Waals surface area contributed by atoms with Crippen molar-refractivity contribution in [3.8, 4) is 10.6 Å². The van der Waals surface area contributed by atoms with Crippen molar-refractivity contribution < 1.29 is 14.3 Å². The Kier molecular flexibility index (Phi) is 5.95. The fourth-order valence-electron chi connectivity index (χ4n) is 2.14. The van der Waals surface area contributed by atoms with Crippen molar-refractivity contribution in [3.05, 3.63) is 50.3 Å². The maximum Gasteiger partial charge on any atom is 0.312 e. The molecule has 3 rings (SSSR count). The van der Waals surface area contributed by atoms with E-state index in [0.717, 1.165) is 15.4 Å². The van der Waals surface area contributed by atoms with Crippen LogP contribution in [0, 0.1) is 0 Å². The number of amides is 1. The first kappa shape index (κ1) is 17.8. The predicted molar refractivity (Wildman–Crippen MR) is 101 cm³/mol.